The molecular weight excluding hydrogens is 338 g/mol. The van der Waals surface area contributed by atoms with Gasteiger partial charge in [-0.1, -0.05) is 23.7 Å². The van der Waals surface area contributed by atoms with Crippen LogP contribution in [0, 0.1) is 13.8 Å². The highest BCUT2D eigenvalue weighted by atomic mass is 35.5. The minimum absolute atomic E-state index is 0.267. The summed E-state index contributed by atoms with van der Waals surface area (Å²) in [5.74, 6) is 0.317. The molecule has 0 unspecified atom stereocenters. The van der Waals surface area contributed by atoms with E-state index in [4.69, 9.17) is 16.3 Å². The second-order valence-corrected chi connectivity index (χ2v) is 5.90. The molecule has 0 aliphatic carbocycles. The molecule has 0 spiro atoms. The Kier molecular flexibility index (Phi) is 4.95. The molecule has 126 valence electrons. The maximum absolute atomic E-state index is 12.2. The number of hydrogen-bond donors (Lipinski definition) is 1. The Bertz CT molecular complexity index is 891. The zero-order valence-electron chi connectivity index (χ0n) is 13.8. The molecule has 0 bridgehead atoms. The monoisotopic (exact) mass is 353 g/mol. The molecule has 1 heterocycles. The Morgan fingerprint density at radius 1 is 1.00 bits per heavy atom. The lowest BCUT2D eigenvalue weighted by atomic mass is 10.2. The van der Waals surface area contributed by atoms with Crippen LogP contribution in [0.2, 0.25) is 5.02 Å². The summed E-state index contributed by atoms with van der Waals surface area (Å²) in [4.78, 5) is 20.7. The summed E-state index contributed by atoms with van der Waals surface area (Å²) in [5, 5.41) is 3.21. The van der Waals surface area contributed by atoms with E-state index in [0.717, 1.165) is 11.4 Å². The van der Waals surface area contributed by atoms with Crippen LogP contribution in [0.3, 0.4) is 0 Å². The lowest BCUT2D eigenvalue weighted by molar-refractivity contribution is 0.102. The van der Waals surface area contributed by atoms with Gasteiger partial charge in [-0.2, -0.15) is 0 Å². The van der Waals surface area contributed by atoms with E-state index >= 15 is 0 Å². The van der Waals surface area contributed by atoms with Crippen molar-refractivity contribution in [2.75, 3.05) is 5.32 Å². The number of halogens is 1. The van der Waals surface area contributed by atoms with Crippen LogP contribution in [0.4, 0.5) is 5.69 Å². The highest BCUT2D eigenvalue weighted by Crippen LogP contribution is 2.22. The first-order valence-electron chi connectivity index (χ1n) is 7.67. The summed E-state index contributed by atoms with van der Waals surface area (Å²) in [6.45, 7) is 3.77. The van der Waals surface area contributed by atoms with Crippen molar-refractivity contribution < 1.29 is 9.53 Å². The topological polar surface area (TPSA) is 64.1 Å². The van der Waals surface area contributed by atoms with Crippen LogP contribution in [0.1, 0.15) is 21.7 Å². The first kappa shape index (κ1) is 16.9. The van der Waals surface area contributed by atoms with E-state index in [-0.39, 0.29) is 5.91 Å². The fraction of sp³-hybridized carbons (Fsp3) is 0.105. The van der Waals surface area contributed by atoms with Gasteiger partial charge in [-0.25, -0.2) is 9.97 Å². The van der Waals surface area contributed by atoms with Gasteiger partial charge in [-0.3, -0.25) is 4.79 Å². The summed E-state index contributed by atoms with van der Waals surface area (Å²) < 4.78 is 5.65. The van der Waals surface area contributed by atoms with Gasteiger partial charge < -0.3 is 10.1 Å². The molecule has 0 saturated carbocycles. The molecule has 1 amide bonds. The molecule has 1 N–H and O–H groups in total. The van der Waals surface area contributed by atoms with Gasteiger partial charge in [-0.15, -0.1) is 0 Å². The molecule has 2 aromatic carbocycles. The summed E-state index contributed by atoms with van der Waals surface area (Å²) in [6.07, 6.45) is 0. The van der Waals surface area contributed by atoms with Crippen molar-refractivity contribution in [1.29, 1.82) is 0 Å². The van der Waals surface area contributed by atoms with Crippen molar-refractivity contribution in [2.45, 2.75) is 13.8 Å². The van der Waals surface area contributed by atoms with E-state index in [2.05, 4.69) is 15.3 Å². The Labute approximate surface area is 150 Å². The molecule has 0 radical (unpaired) electrons. The number of carbonyl (C=O) groups excluding carboxylic acids is 1. The highest BCUT2D eigenvalue weighted by molar-refractivity contribution is 6.34. The minimum Gasteiger partial charge on any atom is -0.424 e. The largest absolute Gasteiger partial charge is 0.424 e. The van der Waals surface area contributed by atoms with Crippen LogP contribution >= 0.6 is 11.6 Å². The molecule has 0 saturated heterocycles. The van der Waals surface area contributed by atoms with Crippen molar-refractivity contribution in [3.8, 4) is 11.8 Å². The zero-order valence-corrected chi connectivity index (χ0v) is 14.5. The Morgan fingerprint density at radius 3 is 2.28 bits per heavy atom. The quantitative estimate of drug-likeness (QED) is 0.732. The maximum Gasteiger partial charge on any atom is 0.322 e. The lowest BCUT2D eigenvalue weighted by Gasteiger charge is -2.08. The average Bonchev–Trinajstić information content (AvgIpc) is 2.56. The Hall–Kier alpha value is -2.92. The number of aromatic nitrogens is 2. The van der Waals surface area contributed by atoms with Gasteiger partial charge >= 0.3 is 6.01 Å². The number of carbonyl (C=O) groups is 1. The van der Waals surface area contributed by atoms with E-state index in [1.54, 1.807) is 48.5 Å². The van der Waals surface area contributed by atoms with Crippen molar-refractivity contribution in [2.24, 2.45) is 0 Å². The highest BCUT2D eigenvalue weighted by Gasteiger charge is 2.10. The molecular formula is C19H16ClN3O2. The van der Waals surface area contributed by atoms with Crippen molar-refractivity contribution in [1.82, 2.24) is 9.97 Å². The van der Waals surface area contributed by atoms with E-state index in [9.17, 15) is 4.79 Å². The van der Waals surface area contributed by atoms with Gasteiger partial charge in [0.25, 0.3) is 5.91 Å². The number of anilines is 1. The second kappa shape index (κ2) is 7.32. The van der Waals surface area contributed by atoms with Gasteiger partial charge in [-0.05, 0) is 56.3 Å². The summed E-state index contributed by atoms with van der Waals surface area (Å²) >= 11 is 6.03. The molecule has 25 heavy (non-hydrogen) atoms. The molecule has 0 aliphatic heterocycles. The Morgan fingerprint density at radius 2 is 1.64 bits per heavy atom. The van der Waals surface area contributed by atoms with Crippen LogP contribution in [0.15, 0.2) is 54.6 Å². The van der Waals surface area contributed by atoms with Crippen LogP contribution in [0.25, 0.3) is 0 Å². The van der Waals surface area contributed by atoms with Crippen molar-refractivity contribution in [3.63, 3.8) is 0 Å². The number of benzene rings is 2. The summed E-state index contributed by atoms with van der Waals surface area (Å²) in [6, 6.07) is 16.0. The van der Waals surface area contributed by atoms with Gasteiger partial charge in [0.05, 0.1) is 10.6 Å². The first-order chi connectivity index (χ1) is 12.0. The van der Waals surface area contributed by atoms with Crippen LogP contribution in [0.5, 0.6) is 11.8 Å². The lowest BCUT2D eigenvalue weighted by Crippen LogP contribution is -2.12. The molecule has 3 aromatic rings. The summed E-state index contributed by atoms with van der Waals surface area (Å²) in [7, 11) is 0. The number of aryl methyl sites for hydroxylation is 2. The summed E-state index contributed by atoms with van der Waals surface area (Å²) in [5.41, 5.74) is 2.74. The zero-order chi connectivity index (χ0) is 17.8. The van der Waals surface area contributed by atoms with Crippen LogP contribution in [-0.4, -0.2) is 15.9 Å². The van der Waals surface area contributed by atoms with E-state index < -0.39 is 0 Å². The van der Waals surface area contributed by atoms with Crippen LogP contribution in [-0.2, 0) is 0 Å². The molecule has 0 aliphatic rings. The minimum atomic E-state index is -0.267. The third kappa shape index (κ3) is 4.33. The van der Waals surface area contributed by atoms with E-state index in [0.29, 0.717) is 28.0 Å². The fourth-order valence-corrected chi connectivity index (χ4v) is 2.52. The molecule has 3 rings (SSSR count). The van der Waals surface area contributed by atoms with E-state index in [1.807, 2.05) is 19.9 Å². The van der Waals surface area contributed by atoms with Gasteiger partial charge in [0.15, 0.2) is 0 Å². The third-order valence-corrected chi connectivity index (χ3v) is 3.73. The molecule has 0 atom stereocenters. The number of amides is 1. The third-order valence-electron chi connectivity index (χ3n) is 3.40. The fourth-order valence-electron chi connectivity index (χ4n) is 2.29. The predicted molar refractivity (Wildman–Crippen MR) is 97.4 cm³/mol. The molecule has 1 aromatic heterocycles. The molecule has 5 nitrogen and oxygen atoms in total. The van der Waals surface area contributed by atoms with Crippen molar-refractivity contribution >= 4 is 23.2 Å². The standard InChI is InChI=1S/C19H16ClN3O2/c1-12-11-13(2)22-19(21-12)25-15-9-7-14(8-10-15)23-18(24)16-5-3-4-6-17(16)20/h3-11H,1-2H3,(H,23,24). The maximum atomic E-state index is 12.2. The number of nitrogens with zero attached hydrogens (tertiary/aromatic N) is 2. The van der Waals surface area contributed by atoms with Gasteiger partial charge in [0.2, 0.25) is 0 Å². The van der Waals surface area contributed by atoms with Gasteiger partial charge in [0.1, 0.15) is 5.75 Å². The van der Waals surface area contributed by atoms with E-state index in [1.165, 1.54) is 0 Å². The number of nitrogens with one attached hydrogen (secondary N) is 1. The SMILES string of the molecule is Cc1cc(C)nc(Oc2ccc(NC(=O)c3ccccc3Cl)cc2)n1. The predicted octanol–water partition coefficient (Wildman–Crippen LogP) is 4.79. The molecule has 6 heteroatoms. The number of hydrogen-bond acceptors (Lipinski definition) is 4. The van der Waals surface area contributed by atoms with Crippen molar-refractivity contribution in [3.05, 3.63) is 76.6 Å². The smallest absolute Gasteiger partial charge is 0.322 e. The normalized spacial score (nSPS) is 10.4. The first-order valence-corrected chi connectivity index (χ1v) is 8.05. The second-order valence-electron chi connectivity index (χ2n) is 5.49. The van der Waals surface area contributed by atoms with Gasteiger partial charge in [0, 0.05) is 17.1 Å². The number of rotatable bonds is 4. The van der Waals surface area contributed by atoms with Crippen LogP contribution < -0.4 is 10.1 Å². The molecule has 0 fully saturated rings. The number of ether oxygens (including phenoxy) is 1. The average molecular weight is 354 g/mol. The Balaban J connectivity index is 1.70.